The number of aromatic nitrogens is 2. The van der Waals surface area contributed by atoms with E-state index in [9.17, 15) is 9.59 Å². The van der Waals surface area contributed by atoms with Gasteiger partial charge in [0.1, 0.15) is 11.6 Å². The summed E-state index contributed by atoms with van der Waals surface area (Å²) in [5.74, 6) is 1.41. The molecule has 0 unspecified atom stereocenters. The molecule has 0 spiro atoms. The van der Waals surface area contributed by atoms with Gasteiger partial charge in [-0.25, -0.2) is 4.98 Å². The highest BCUT2D eigenvalue weighted by Crippen LogP contribution is 2.15. The second-order valence-corrected chi connectivity index (χ2v) is 6.83. The molecule has 1 N–H and O–H groups in total. The van der Waals surface area contributed by atoms with Crippen LogP contribution in [0.4, 0.5) is 0 Å². The number of aromatic amines is 1. The van der Waals surface area contributed by atoms with Gasteiger partial charge in [-0.15, -0.1) is 0 Å². The highest BCUT2D eigenvalue weighted by molar-refractivity contribution is 5.94. The highest BCUT2D eigenvalue weighted by atomic mass is 16.5. The average molecular weight is 378 g/mol. The maximum atomic E-state index is 12.7. The zero-order valence-corrected chi connectivity index (χ0v) is 15.7. The summed E-state index contributed by atoms with van der Waals surface area (Å²) in [7, 11) is 1.60. The fraction of sp³-hybridized carbons (Fsp3) is 0.286. The molecule has 0 bridgehead atoms. The van der Waals surface area contributed by atoms with Crippen LogP contribution in [0.25, 0.3) is 10.9 Å². The van der Waals surface area contributed by atoms with E-state index in [1.165, 1.54) is 0 Å². The van der Waals surface area contributed by atoms with Crippen LogP contribution in [0.3, 0.4) is 0 Å². The van der Waals surface area contributed by atoms with E-state index in [1.807, 2.05) is 23.1 Å². The number of nitrogens with one attached hydrogen (secondary N) is 1. The SMILES string of the molecule is COc1ccc(C(=O)N2CCN(Cc3nc4ccccc4c(=O)[nH]3)CC2)cc1. The molecule has 4 rings (SSSR count). The molecule has 3 aromatic rings. The van der Waals surface area contributed by atoms with E-state index in [0.29, 0.717) is 41.9 Å². The first-order valence-electron chi connectivity index (χ1n) is 9.27. The van der Waals surface area contributed by atoms with Gasteiger partial charge < -0.3 is 14.6 Å². The van der Waals surface area contributed by atoms with Crippen LogP contribution < -0.4 is 10.3 Å². The lowest BCUT2D eigenvalue weighted by Crippen LogP contribution is -2.48. The standard InChI is InChI=1S/C21H22N4O3/c1-28-16-8-6-15(7-9-16)21(27)25-12-10-24(11-13-25)14-19-22-18-5-3-2-4-17(18)20(26)23-19/h2-9H,10-14H2,1H3,(H,22,23,26). The third-order valence-corrected chi connectivity index (χ3v) is 5.03. The molecule has 1 saturated heterocycles. The minimum Gasteiger partial charge on any atom is -0.497 e. The smallest absolute Gasteiger partial charge is 0.258 e. The number of rotatable bonds is 4. The van der Waals surface area contributed by atoms with Gasteiger partial charge in [-0.3, -0.25) is 14.5 Å². The molecule has 1 fully saturated rings. The van der Waals surface area contributed by atoms with E-state index >= 15 is 0 Å². The van der Waals surface area contributed by atoms with Crippen LogP contribution in [0, 0.1) is 0 Å². The van der Waals surface area contributed by atoms with Gasteiger partial charge in [-0.2, -0.15) is 0 Å². The Morgan fingerprint density at radius 2 is 1.79 bits per heavy atom. The largest absolute Gasteiger partial charge is 0.497 e. The summed E-state index contributed by atoms with van der Waals surface area (Å²) in [4.78, 5) is 36.4. The molecular weight excluding hydrogens is 356 g/mol. The molecule has 7 heteroatoms. The first-order chi connectivity index (χ1) is 13.6. The molecule has 1 amide bonds. The van der Waals surface area contributed by atoms with Gasteiger partial charge in [0.25, 0.3) is 11.5 Å². The molecule has 7 nitrogen and oxygen atoms in total. The number of carbonyl (C=O) groups excluding carboxylic acids is 1. The van der Waals surface area contributed by atoms with E-state index in [0.717, 1.165) is 18.8 Å². The Bertz CT molecular complexity index is 1040. The topological polar surface area (TPSA) is 78.5 Å². The summed E-state index contributed by atoms with van der Waals surface area (Å²) in [6.07, 6.45) is 0. The van der Waals surface area contributed by atoms with E-state index < -0.39 is 0 Å². The summed E-state index contributed by atoms with van der Waals surface area (Å²) in [6, 6.07) is 14.5. The van der Waals surface area contributed by atoms with Crippen LogP contribution in [0.1, 0.15) is 16.2 Å². The number of ether oxygens (including phenoxy) is 1. The Labute approximate surface area is 162 Å². The van der Waals surface area contributed by atoms with Crippen LogP contribution in [0.5, 0.6) is 5.75 Å². The number of piperazine rings is 1. The van der Waals surface area contributed by atoms with Crippen LogP contribution in [0.15, 0.2) is 53.3 Å². The molecule has 0 atom stereocenters. The Kier molecular flexibility index (Phi) is 5.08. The molecule has 1 aliphatic rings. The number of para-hydroxylation sites is 1. The van der Waals surface area contributed by atoms with Crippen molar-refractivity contribution in [2.75, 3.05) is 33.3 Å². The van der Waals surface area contributed by atoms with Crippen LogP contribution in [-0.2, 0) is 6.54 Å². The summed E-state index contributed by atoms with van der Waals surface area (Å²) < 4.78 is 5.14. The van der Waals surface area contributed by atoms with E-state index in [4.69, 9.17) is 4.74 Å². The number of H-pyrrole nitrogens is 1. The molecule has 0 saturated carbocycles. The molecular formula is C21H22N4O3. The van der Waals surface area contributed by atoms with Crippen molar-refractivity contribution in [1.29, 1.82) is 0 Å². The molecule has 0 aliphatic carbocycles. The maximum absolute atomic E-state index is 12.7. The van der Waals surface area contributed by atoms with Gasteiger partial charge in [-0.05, 0) is 36.4 Å². The van der Waals surface area contributed by atoms with Crippen molar-refractivity contribution in [3.05, 3.63) is 70.3 Å². The number of hydrogen-bond donors (Lipinski definition) is 1. The van der Waals surface area contributed by atoms with Crippen LogP contribution in [0.2, 0.25) is 0 Å². The third-order valence-electron chi connectivity index (χ3n) is 5.03. The van der Waals surface area contributed by atoms with Gasteiger partial charge in [0.2, 0.25) is 0 Å². The number of carbonyl (C=O) groups is 1. The second-order valence-electron chi connectivity index (χ2n) is 6.83. The predicted octanol–water partition coefficient (Wildman–Crippen LogP) is 1.89. The van der Waals surface area contributed by atoms with Gasteiger partial charge in [0.05, 0.1) is 24.6 Å². The van der Waals surface area contributed by atoms with E-state index in [2.05, 4.69) is 14.9 Å². The number of amides is 1. The fourth-order valence-electron chi connectivity index (χ4n) is 3.45. The quantitative estimate of drug-likeness (QED) is 0.750. The molecule has 1 aromatic heterocycles. The predicted molar refractivity (Wildman–Crippen MR) is 107 cm³/mol. The Balaban J connectivity index is 1.39. The molecule has 144 valence electrons. The van der Waals surface area contributed by atoms with Gasteiger partial charge in [0.15, 0.2) is 0 Å². The first kappa shape index (κ1) is 18.2. The summed E-state index contributed by atoms with van der Waals surface area (Å²) in [5, 5.41) is 0.598. The molecule has 2 aromatic carbocycles. The molecule has 0 radical (unpaired) electrons. The maximum Gasteiger partial charge on any atom is 0.258 e. The van der Waals surface area contributed by atoms with E-state index in [1.54, 1.807) is 37.4 Å². The minimum absolute atomic E-state index is 0.0274. The van der Waals surface area contributed by atoms with Crippen molar-refractivity contribution in [3.8, 4) is 5.75 Å². The molecule has 28 heavy (non-hydrogen) atoms. The highest BCUT2D eigenvalue weighted by Gasteiger charge is 2.22. The van der Waals surface area contributed by atoms with Crippen molar-refractivity contribution >= 4 is 16.8 Å². The van der Waals surface area contributed by atoms with Crippen molar-refractivity contribution in [2.24, 2.45) is 0 Å². The minimum atomic E-state index is -0.117. The first-order valence-corrected chi connectivity index (χ1v) is 9.27. The van der Waals surface area contributed by atoms with Crippen LogP contribution >= 0.6 is 0 Å². The number of hydrogen-bond acceptors (Lipinski definition) is 5. The zero-order valence-electron chi connectivity index (χ0n) is 15.7. The number of nitrogens with zero attached hydrogens (tertiary/aromatic N) is 3. The molecule has 1 aliphatic heterocycles. The van der Waals surface area contributed by atoms with Gasteiger partial charge in [-0.1, -0.05) is 12.1 Å². The fourth-order valence-corrected chi connectivity index (χ4v) is 3.45. The second kappa shape index (κ2) is 7.82. The van der Waals surface area contributed by atoms with Crippen LogP contribution in [-0.4, -0.2) is 59.0 Å². The van der Waals surface area contributed by atoms with Crippen molar-refractivity contribution in [1.82, 2.24) is 19.8 Å². The zero-order chi connectivity index (χ0) is 19.5. The summed E-state index contributed by atoms with van der Waals surface area (Å²) in [6.45, 7) is 3.31. The average Bonchev–Trinajstić information content (AvgIpc) is 2.74. The van der Waals surface area contributed by atoms with Crippen molar-refractivity contribution < 1.29 is 9.53 Å². The number of fused-ring (bicyclic) bond motifs is 1. The van der Waals surface area contributed by atoms with Gasteiger partial charge in [0, 0.05) is 31.7 Å². The van der Waals surface area contributed by atoms with Gasteiger partial charge >= 0.3 is 0 Å². The Morgan fingerprint density at radius 1 is 1.07 bits per heavy atom. The number of methoxy groups -OCH3 is 1. The monoisotopic (exact) mass is 378 g/mol. The van der Waals surface area contributed by atoms with Crippen molar-refractivity contribution in [2.45, 2.75) is 6.54 Å². The summed E-state index contributed by atoms with van der Waals surface area (Å²) >= 11 is 0. The third kappa shape index (κ3) is 3.75. The Morgan fingerprint density at radius 3 is 2.50 bits per heavy atom. The number of benzene rings is 2. The summed E-state index contributed by atoms with van der Waals surface area (Å²) in [5.41, 5.74) is 1.25. The lowest BCUT2D eigenvalue weighted by molar-refractivity contribution is 0.0625. The van der Waals surface area contributed by atoms with E-state index in [-0.39, 0.29) is 11.5 Å². The normalized spacial score (nSPS) is 15.0. The van der Waals surface area contributed by atoms with Crippen molar-refractivity contribution in [3.63, 3.8) is 0 Å². The lowest BCUT2D eigenvalue weighted by atomic mass is 10.1. The Hall–Kier alpha value is -3.19. The lowest BCUT2D eigenvalue weighted by Gasteiger charge is -2.34. The molecule has 2 heterocycles.